The van der Waals surface area contributed by atoms with Crippen LogP contribution >= 0.6 is 0 Å². The second kappa shape index (κ2) is 6.26. The van der Waals surface area contributed by atoms with Crippen molar-refractivity contribution in [3.05, 3.63) is 41.0 Å². The molecule has 31 heavy (non-hydrogen) atoms. The number of carbonyl (C=O) groups is 2. The first-order valence-electron chi connectivity index (χ1n) is 11.2. The summed E-state index contributed by atoms with van der Waals surface area (Å²) in [7, 11) is 0. The Balaban J connectivity index is 1.49. The molecule has 7 heteroatoms. The van der Waals surface area contributed by atoms with Gasteiger partial charge in [0, 0.05) is 29.6 Å². The number of aliphatic imine (C=N–C) groups is 1. The number of aromatic hydroxyl groups is 1. The number of piperidine rings is 1. The number of amides is 1. The van der Waals surface area contributed by atoms with Crippen LogP contribution < -0.4 is 0 Å². The Morgan fingerprint density at radius 1 is 1.29 bits per heavy atom. The first-order valence-corrected chi connectivity index (χ1v) is 11.2. The summed E-state index contributed by atoms with van der Waals surface area (Å²) in [4.78, 5) is 30.5. The molecule has 0 radical (unpaired) electrons. The van der Waals surface area contributed by atoms with Crippen LogP contribution in [0.3, 0.4) is 0 Å². The van der Waals surface area contributed by atoms with Gasteiger partial charge in [0.25, 0.3) is 5.91 Å². The molecule has 1 amide bonds. The van der Waals surface area contributed by atoms with Gasteiger partial charge in [-0.3, -0.25) is 9.69 Å². The summed E-state index contributed by atoms with van der Waals surface area (Å²) in [6.45, 7) is 1.84. The van der Waals surface area contributed by atoms with Crippen LogP contribution in [0.15, 0.2) is 34.8 Å². The quantitative estimate of drug-likeness (QED) is 0.641. The van der Waals surface area contributed by atoms with E-state index in [0.29, 0.717) is 30.9 Å². The fourth-order valence-electron chi connectivity index (χ4n) is 6.71. The van der Waals surface area contributed by atoms with Crippen molar-refractivity contribution < 1.29 is 24.9 Å². The predicted molar refractivity (Wildman–Crippen MR) is 112 cm³/mol. The Morgan fingerprint density at radius 3 is 2.84 bits per heavy atom. The van der Waals surface area contributed by atoms with Crippen molar-refractivity contribution >= 4 is 17.6 Å². The number of phenolic OH excluding ortho intramolecular Hbond substituents is 1. The number of carboxylic acids is 1. The number of hydrogen-bond acceptors (Lipinski definition) is 5. The van der Waals surface area contributed by atoms with Crippen LogP contribution in [0.4, 0.5) is 0 Å². The van der Waals surface area contributed by atoms with Gasteiger partial charge in [0.1, 0.15) is 11.3 Å². The average molecular weight is 422 g/mol. The normalized spacial score (nSPS) is 36.6. The second-order valence-corrected chi connectivity index (χ2v) is 10.0. The summed E-state index contributed by atoms with van der Waals surface area (Å²) >= 11 is 0. The zero-order chi connectivity index (χ0) is 21.5. The molecule has 3 N–H and O–H groups in total. The molecule has 6 rings (SSSR count). The van der Waals surface area contributed by atoms with E-state index in [2.05, 4.69) is 9.89 Å². The maximum absolute atomic E-state index is 12.4. The maximum atomic E-state index is 12.4. The number of hydrogen-bond donors (Lipinski definition) is 3. The Kier molecular flexibility index (Phi) is 3.88. The topological polar surface area (TPSA) is 110 Å². The molecule has 1 saturated heterocycles. The largest absolute Gasteiger partial charge is 0.508 e. The van der Waals surface area contributed by atoms with Gasteiger partial charge in [0.15, 0.2) is 0 Å². The monoisotopic (exact) mass is 422 g/mol. The molecule has 0 spiro atoms. The SMILES string of the molecule is O=C(O)C1=CC2C[C@@]3(O)[C@H]4Cc5ccc(O)cc5[C@@]3(CCN4CC3CC3)CC2=NC1=O. The minimum atomic E-state index is -1.27. The summed E-state index contributed by atoms with van der Waals surface area (Å²) in [5.74, 6) is -1.47. The molecular weight excluding hydrogens is 396 g/mol. The van der Waals surface area contributed by atoms with Gasteiger partial charge in [-0.2, -0.15) is 0 Å². The third kappa shape index (κ3) is 2.62. The van der Waals surface area contributed by atoms with E-state index in [1.54, 1.807) is 12.1 Å². The van der Waals surface area contributed by atoms with Crippen LogP contribution in [-0.2, 0) is 21.4 Å². The minimum Gasteiger partial charge on any atom is -0.508 e. The third-order valence-corrected chi connectivity index (χ3v) is 8.37. The van der Waals surface area contributed by atoms with Gasteiger partial charge in [-0.15, -0.1) is 0 Å². The molecule has 0 aromatic heterocycles. The molecule has 162 valence electrons. The highest BCUT2D eigenvalue weighted by Gasteiger charge is 2.66. The molecule has 3 aliphatic carbocycles. The van der Waals surface area contributed by atoms with Crippen molar-refractivity contribution in [2.75, 3.05) is 13.1 Å². The van der Waals surface area contributed by atoms with Crippen LogP contribution in [0.25, 0.3) is 0 Å². The van der Waals surface area contributed by atoms with Crippen molar-refractivity contribution in [3.8, 4) is 5.75 Å². The van der Waals surface area contributed by atoms with Crippen molar-refractivity contribution in [1.82, 2.24) is 4.90 Å². The molecule has 1 aromatic rings. The number of rotatable bonds is 3. The smallest absolute Gasteiger partial charge is 0.341 e. The Labute approximate surface area is 180 Å². The molecule has 2 aliphatic heterocycles. The lowest BCUT2D eigenvalue weighted by Gasteiger charge is -2.65. The molecule has 2 saturated carbocycles. The Bertz CT molecular complexity index is 1070. The number of fused-ring (bicyclic) bond motifs is 2. The van der Waals surface area contributed by atoms with Crippen molar-refractivity contribution in [3.63, 3.8) is 0 Å². The number of nitrogens with zero attached hydrogens (tertiary/aromatic N) is 2. The van der Waals surface area contributed by atoms with Gasteiger partial charge in [0.05, 0.1) is 5.60 Å². The number of benzene rings is 1. The number of dihydropyridines is 1. The molecule has 3 fully saturated rings. The van der Waals surface area contributed by atoms with Crippen LogP contribution in [0.5, 0.6) is 5.75 Å². The minimum absolute atomic E-state index is 0.0697. The highest BCUT2D eigenvalue weighted by Crippen LogP contribution is 2.59. The Hall–Kier alpha value is -2.51. The van der Waals surface area contributed by atoms with Gasteiger partial charge in [-0.1, -0.05) is 12.1 Å². The number of allylic oxidation sites excluding steroid dienone is 1. The van der Waals surface area contributed by atoms with E-state index in [-0.39, 0.29) is 23.3 Å². The van der Waals surface area contributed by atoms with E-state index in [1.807, 2.05) is 6.07 Å². The first-order chi connectivity index (χ1) is 14.8. The molecule has 7 nitrogen and oxygen atoms in total. The fourth-order valence-corrected chi connectivity index (χ4v) is 6.71. The molecule has 1 aromatic carbocycles. The number of aliphatic carboxylic acids is 1. The number of carbonyl (C=O) groups excluding carboxylic acids is 1. The summed E-state index contributed by atoms with van der Waals surface area (Å²) in [6.07, 6.45) is 6.15. The lowest BCUT2D eigenvalue weighted by Crippen LogP contribution is -2.74. The average Bonchev–Trinajstić information content (AvgIpc) is 3.53. The molecule has 2 heterocycles. The van der Waals surface area contributed by atoms with E-state index < -0.39 is 22.9 Å². The summed E-state index contributed by atoms with van der Waals surface area (Å²) in [6, 6.07) is 5.37. The fraction of sp³-hybridized carbons (Fsp3) is 0.542. The maximum Gasteiger partial charge on any atom is 0.341 e. The predicted octanol–water partition coefficient (Wildman–Crippen LogP) is 1.80. The van der Waals surface area contributed by atoms with Crippen molar-refractivity contribution in [1.29, 1.82) is 0 Å². The van der Waals surface area contributed by atoms with Gasteiger partial charge in [-0.25, -0.2) is 9.79 Å². The summed E-state index contributed by atoms with van der Waals surface area (Å²) in [5, 5.41) is 32.1. The molecule has 5 aliphatic rings. The van der Waals surface area contributed by atoms with Crippen molar-refractivity contribution in [2.45, 2.75) is 55.6 Å². The zero-order valence-electron chi connectivity index (χ0n) is 17.3. The lowest BCUT2D eigenvalue weighted by atomic mass is 9.47. The zero-order valence-corrected chi connectivity index (χ0v) is 17.3. The molecule has 2 bridgehead atoms. The van der Waals surface area contributed by atoms with E-state index >= 15 is 0 Å². The van der Waals surface area contributed by atoms with Crippen LogP contribution in [0.1, 0.15) is 43.2 Å². The van der Waals surface area contributed by atoms with E-state index in [9.17, 15) is 24.9 Å². The van der Waals surface area contributed by atoms with Crippen LogP contribution in [0.2, 0.25) is 0 Å². The van der Waals surface area contributed by atoms with Gasteiger partial charge < -0.3 is 15.3 Å². The highest BCUT2D eigenvalue weighted by atomic mass is 16.4. The van der Waals surface area contributed by atoms with E-state index in [0.717, 1.165) is 30.6 Å². The standard InChI is InChI=1S/C24H26N2O5/c27-16-4-3-14-8-20-24(31)10-15-7-17(22(29)30)21(28)25-19(15)11-23(24,18(14)9-16)5-6-26(20)12-13-1-2-13/h3-4,7,9,13,15,20,27,31H,1-2,5-6,8,10-12H2,(H,29,30)/t15?,20-,23-,24-/m1/s1. The number of carboxylic acid groups (broad SMARTS) is 1. The number of phenols is 1. The van der Waals surface area contributed by atoms with E-state index in [1.165, 1.54) is 18.9 Å². The molecule has 1 unspecified atom stereocenters. The summed E-state index contributed by atoms with van der Waals surface area (Å²) in [5.41, 5.74) is 0.738. The van der Waals surface area contributed by atoms with Crippen molar-refractivity contribution in [2.24, 2.45) is 16.8 Å². The van der Waals surface area contributed by atoms with Gasteiger partial charge in [-0.05, 0) is 74.2 Å². The first kappa shape index (κ1) is 19.2. The number of likely N-dealkylation sites (tertiary alicyclic amines) is 1. The third-order valence-electron chi connectivity index (χ3n) is 8.37. The van der Waals surface area contributed by atoms with Gasteiger partial charge in [0.2, 0.25) is 0 Å². The highest BCUT2D eigenvalue weighted by molar-refractivity contribution is 6.21. The molecular formula is C24H26N2O5. The second-order valence-electron chi connectivity index (χ2n) is 10.0. The number of aliphatic hydroxyl groups is 1. The summed E-state index contributed by atoms with van der Waals surface area (Å²) < 4.78 is 0. The van der Waals surface area contributed by atoms with Crippen LogP contribution in [0, 0.1) is 11.8 Å². The van der Waals surface area contributed by atoms with Gasteiger partial charge >= 0.3 is 5.97 Å². The molecule has 4 atom stereocenters. The van der Waals surface area contributed by atoms with E-state index in [4.69, 9.17) is 0 Å². The lowest BCUT2D eigenvalue weighted by molar-refractivity contribution is -0.158. The van der Waals surface area contributed by atoms with Crippen LogP contribution in [-0.4, -0.2) is 62.5 Å². The Morgan fingerprint density at radius 2 is 2.10 bits per heavy atom.